The van der Waals surface area contributed by atoms with Crippen LogP contribution in [0.15, 0.2) is 34.3 Å². The first kappa shape index (κ1) is 14.5. The highest BCUT2D eigenvalue weighted by Crippen LogP contribution is 2.41. The topological polar surface area (TPSA) is 53.6 Å². The predicted molar refractivity (Wildman–Crippen MR) is 89.7 cm³/mol. The maximum atomic E-state index is 10.4. The van der Waals surface area contributed by atoms with Crippen molar-refractivity contribution in [1.82, 2.24) is 0 Å². The molecule has 0 saturated heterocycles. The van der Waals surface area contributed by atoms with E-state index in [1.807, 2.05) is 33.8 Å². The summed E-state index contributed by atoms with van der Waals surface area (Å²) < 4.78 is 5.86. The lowest BCUT2D eigenvalue weighted by Crippen LogP contribution is -1.90. The Balaban J connectivity index is 2.45. The fraction of sp³-hybridized carbons (Fsp3) is 0.263. The maximum Gasteiger partial charge on any atom is 0.139 e. The van der Waals surface area contributed by atoms with Crippen molar-refractivity contribution in [2.75, 3.05) is 0 Å². The molecule has 22 heavy (non-hydrogen) atoms. The monoisotopic (exact) mass is 296 g/mol. The predicted octanol–water partition coefficient (Wildman–Crippen LogP) is 5.12. The fourth-order valence-electron chi connectivity index (χ4n) is 2.90. The molecule has 2 aromatic carbocycles. The standard InChI is InChI=1S/C19H20O3/c1-10(2)5-6-13-12(4)14(20)9-17-18(13)19-15(21)7-11(3)8-16(19)22-17/h5,7-9,20-21H,6H2,1-4H3. The van der Waals surface area contributed by atoms with Crippen LogP contribution in [0.4, 0.5) is 0 Å². The maximum absolute atomic E-state index is 10.4. The summed E-state index contributed by atoms with van der Waals surface area (Å²) >= 11 is 0. The minimum absolute atomic E-state index is 0.220. The zero-order chi connectivity index (χ0) is 16.0. The largest absolute Gasteiger partial charge is 0.508 e. The minimum atomic E-state index is 0.220. The number of benzene rings is 2. The Labute approximate surface area is 129 Å². The van der Waals surface area contributed by atoms with Crippen LogP contribution in [-0.2, 0) is 6.42 Å². The van der Waals surface area contributed by atoms with Crippen LogP contribution in [0.25, 0.3) is 21.9 Å². The molecule has 3 heteroatoms. The Morgan fingerprint density at radius 1 is 1.00 bits per heavy atom. The van der Waals surface area contributed by atoms with Crippen molar-refractivity contribution >= 4 is 21.9 Å². The number of allylic oxidation sites excluding steroid dienone is 2. The minimum Gasteiger partial charge on any atom is -0.508 e. The molecule has 3 aromatic rings. The number of aryl methyl sites for hydroxylation is 1. The third-order valence-electron chi connectivity index (χ3n) is 4.06. The van der Waals surface area contributed by atoms with E-state index < -0.39 is 0 Å². The Kier molecular flexibility index (Phi) is 3.36. The highest BCUT2D eigenvalue weighted by Gasteiger charge is 2.18. The van der Waals surface area contributed by atoms with Gasteiger partial charge in [-0.3, -0.25) is 0 Å². The average molecular weight is 296 g/mol. The molecular formula is C19H20O3. The van der Waals surface area contributed by atoms with Gasteiger partial charge in [-0.25, -0.2) is 0 Å². The molecule has 0 atom stereocenters. The Morgan fingerprint density at radius 3 is 2.36 bits per heavy atom. The molecule has 1 aromatic heterocycles. The van der Waals surface area contributed by atoms with Gasteiger partial charge in [0.25, 0.3) is 0 Å². The highest BCUT2D eigenvalue weighted by molar-refractivity contribution is 6.10. The molecule has 0 aliphatic rings. The van der Waals surface area contributed by atoms with Gasteiger partial charge in [0.05, 0.1) is 5.39 Å². The van der Waals surface area contributed by atoms with Gasteiger partial charge in [-0.1, -0.05) is 11.6 Å². The van der Waals surface area contributed by atoms with Gasteiger partial charge < -0.3 is 14.6 Å². The molecule has 0 bridgehead atoms. The first-order valence-corrected chi connectivity index (χ1v) is 7.39. The molecule has 0 aliphatic heterocycles. The van der Waals surface area contributed by atoms with Crippen molar-refractivity contribution in [1.29, 1.82) is 0 Å². The fourth-order valence-corrected chi connectivity index (χ4v) is 2.90. The number of fused-ring (bicyclic) bond motifs is 3. The number of rotatable bonds is 2. The second-order valence-corrected chi connectivity index (χ2v) is 6.12. The molecule has 0 saturated carbocycles. The van der Waals surface area contributed by atoms with E-state index in [9.17, 15) is 10.2 Å². The van der Waals surface area contributed by atoms with Crippen molar-refractivity contribution < 1.29 is 14.6 Å². The second kappa shape index (κ2) is 5.09. The van der Waals surface area contributed by atoms with Gasteiger partial charge >= 0.3 is 0 Å². The van der Waals surface area contributed by atoms with Gasteiger partial charge in [0, 0.05) is 11.5 Å². The first-order chi connectivity index (χ1) is 10.4. The molecule has 0 unspecified atom stereocenters. The Bertz CT molecular complexity index is 910. The second-order valence-electron chi connectivity index (χ2n) is 6.12. The Morgan fingerprint density at radius 2 is 1.68 bits per heavy atom. The third-order valence-corrected chi connectivity index (χ3v) is 4.06. The van der Waals surface area contributed by atoms with Gasteiger partial charge in [-0.2, -0.15) is 0 Å². The zero-order valence-corrected chi connectivity index (χ0v) is 13.3. The summed E-state index contributed by atoms with van der Waals surface area (Å²) in [6.07, 6.45) is 2.81. The molecule has 0 spiro atoms. The number of phenols is 2. The molecule has 2 N–H and O–H groups in total. The van der Waals surface area contributed by atoms with E-state index in [1.54, 1.807) is 12.1 Å². The molecule has 0 fully saturated rings. The number of phenolic OH excluding ortho intramolecular Hbond substituents is 2. The number of aromatic hydroxyl groups is 2. The van der Waals surface area contributed by atoms with Gasteiger partial charge in [0.1, 0.15) is 22.7 Å². The van der Waals surface area contributed by atoms with Crippen molar-refractivity contribution in [2.24, 2.45) is 0 Å². The number of furan rings is 1. The van der Waals surface area contributed by atoms with E-state index in [2.05, 4.69) is 6.08 Å². The average Bonchev–Trinajstić information content (AvgIpc) is 2.76. The molecule has 114 valence electrons. The summed E-state index contributed by atoms with van der Waals surface area (Å²) in [4.78, 5) is 0. The molecule has 3 nitrogen and oxygen atoms in total. The van der Waals surface area contributed by atoms with Crippen LogP contribution in [0.2, 0.25) is 0 Å². The van der Waals surface area contributed by atoms with Crippen LogP contribution in [0.3, 0.4) is 0 Å². The summed E-state index contributed by atoms with van der Waals surface area (Å²) in [6.45, 7) is 7.90. The van der Waals surface area contributed by atoms with Crippen LogP contribution in [-0.4, -0.2) is 10.2 Å². The van der Waals surface area contributed by atoms with E-state index in [4.69, 9.17) is 4.42 Å². The lowest BCUT2D eigenvalue weighted by Gasteiger charge is -2.08. The number of hydrogen-bond acceptors (Lipinski definition) is 3. The van der Waals surface area contributed by atoms with E-state index in [-0.39, 0.29) is 11.5 Å². The SMILES string of the molecule is CC(C)=CCc1c(C)c(O)cc2oc3cc(C)cc(O)c3c12. The van der Waals surface area contributed by atoms with E-state index in [0.29, 0.717) is 17.6 Å². The van der Waals surface area contributed by atoms with Crippen LogP contribution in [0.5, 0.6) is 11.5 Å². The summed E-state index contributed by atoms with van der Waals surface area (Å²) in [6, 6.07) is 5.28. The first-order valence-electron chi connectivity index (χ1n) is 7.39. The van der Waals surface area contributed by atoms with E-state index in [0.717, 1.165) is 27.5 Å². The van der Waals surface area contributed by atoms with Crippen LogP contribution >= 0.6 is 0 Å². The van der Waals surface area contributed by atoms with Crippen molar-refractivity contribution in [2.45, 2.75) is 34.1 Å². The molecule has 0 amide bonds. The summed E-state index contributed by atoms with van der Waals surface area (Å²) in [5.41, 5.74) is 5.23. The van der Waals surface area contributed by atoms with E-state index >= 15 is 0 Å². The van der Waals surface area contributed by atoms with Gasteiger partial charge in [-0.15, -0.1) is 0 Å². The van der Waals surface area contributed by atoms with Crippen LogP contribution in [0.1, 0.15) is 30.5 Å². The van der Waals surface area contributed by atoms with Crippen LogP contribution in [0, 0.1) is 13.8 Å². The van der Waals surface area contributed by atoms with Crippen molar-refractivity contribution in [3.8, 4) is 11.5 Å². The summed E-state index contributed by atoms with van der Waals surface area (Å²) in [5.74, 6) is 0.442. The van der Waals surface area contributed by atoms with Crippen LogP contribution < -0.4 is 0 Å². The smallest absolute Gasteiger partial charge is 0.139 e. The quantitative estimate of drug-likeness (QED) is 0.645. The molecule has 0 aliphatic carbocycles. The lowest BCUT2D eigenvalue weighted by molar-refractivity contribution is 0.470. The van der Waals surface area contributed by atoms with Gasteiger partial charge in [0.15, 0.2) is 0 Å². The van der Waals surface area contributed by atoms with Crippen molar-refractivity contribution in [3.63, 3.8) is 0 Å². The van der Waals surface area contributed by atoms with Gasteiger partial charge in [0.2, 0.25) is 0 Å². The zero-order valence-electron chi connectivity index (χ0n) is 13.3. The van der Waals surface area contributed by atoms with E-state index in [1.165, 1.54) is 5.57 Å². The molecule has 0 radical (unpaired) electrons. The molecular weight excluding hydrogens is 276 g/mol. The van der Waals surface area contributed by atoms with Gasteiger partial charge in [-0.05, 0) is 62.9 Å². The lowest BCUT2D eigenvalue weighted by atomic mass is 9.96. The third kappa shape index (κ3) is 2.23. The normalized spacial score (nSPS) is 11.3. The highest BCUT2D eigenvalue weighted by atomic mass is 16.3. The molecule has 3 rings (SSSR count). The summed E-state index contributed by atoms with van der Waals surface area (Å²) in [5, 5.41) is 22.1. The van der Waals surface area contributed by atoms with Crippen molar-refractivity contribution in [3.05, 3.63) is 46.5 Å². The number of hydrogen-bond donors (Lipinski definition) is 2. The molecule has 1 heterocycles. The summed E-state index contributed by atoms with van der Waals surface area (Å²) in [7, 11) is 0. The Hall–Kier alpha value is -2.42.